The third kappa shape index (κ3) is 3.05. The van der Waals surface area contributed by atoms with Gasteiger partial charge in [0.05, 0.1) is 5.56 Å². The first-order valence-corrected chi connectivity index (χ1v) is 4.54. The summed E-state index contributed by atoms with van der Waals surface area (Å²) in [6.45, 7) is 2.03. The van der Waals surface area contributed by atoms with Gasteiger partial charge in [0.25, 0.3) is 0 Å². The van der Waals surface area contributed by atoms with E-state index in [4.69, 9.17) is 0 Å². The van der Waals surface area contributed by atoms with Crippen molar-refractivity contribution in [2.75, 3.05) is 0 Å². The number of hydrogen-bond donors (Lipinski definition) is 0. The van der Waals surface area contributed by atoms with Crippen LogP contribution in [0.3, 0.4) is 0 Å². The molecule has 0 saturated carbocycles. The van der Waals surface area contributed by atoms with E-state index in [-0.39, 0.29) is 0 Å². The number of benzene rings is 1. The zero-order valence-corrected chi connectivity index (χ0v) is 7.93. The van der Waals surface area contributed by atoms with Crippen LogP contribution in [0, 0.1) is 6.42 Å². The van der Waals surface area contributed by atoms with Crippen molar-refractivity contribution in [3.05, 3.63) is 41.8 Å². The second kappa shape index (κ2) is 4.49. The Hall–Kier alpha value is -0.990. The molecule has 0 amide bonds. The molecule has 1 aromatic rings. The molecule has 0 fully saturated rings. The molecule has 0 aliphatic carbocycles. The summed E-state index contributed by atoms with van der Waals surface area (Å²) in [5.74, 6) is 0. The minimum Gasteiger partial charge on any atom is -0.166 e. The molecule has 0 unspecified atom stereocenters. The lowest BCUT2D eigenvalue weighted by Gasteiger charge is -2.06. The monoisotopic (exact) mass is 201 g/mol. The van der Waals surface area contributed by atoms with Gasteiger partial charge in [-0.05, 0) is 30.5 Å². The van der Waals surface area contributed by atoms with Crippen molar-refractivity contribution in [3.8, 4) is 0 Å². The molecular weight excluding hydrogens is 189 g/mol. The van der Waals surface area contributed by atoms with Crippen molar-refractivity contribution in [2.24, 2.45) is 0 Å². The lowest BCUT2D eigenvalue weighted by Crippen LogP contribution is -2.04. The Labute approximate surface area is 81.8 Å². The largest absolute Gasteiger partial charge is 0.416 e. The van der Waals surface area contributed by atoms with Crippen LogP contribution in [0.4, 0.5) is 13.2 Å². The lowest BCUT2D eigenvalue weighted by atomic mass is 10.1. The van der Waals surface area contributed by atoms with Gasteiger partial charge in [-0.25, -0.2) is 0 Å². The summed E-state index contributed by atoms with van der Waals surface area (Å²) in [5.41, 5.74) is 0.256. The van der Waals surface area contributed by atoms with Gasteiger partial charge in [0.15, 0.2) is 0 Å². The van der Waals surface area contributed by atoms with E-state index in [0.717, 1.165) is 30.5 Å². The SMILES string of the molecule is CCC[CH]c1ccc(C(F)(F)F)cc1. The predicted octanol–water partition coefficient (Wildman–Crippen LogP) is 4.06. The van der Waals surface area contributed by atoms with Crippen molar-refractivity contribution in [2.45, 2.75) is 25.9 Å². The average Bonchev–Trinajstić information content (AvgIpc) is 2.14. The van der Waals surface area contributed by atoms with E-state index in [1.165, 1.54) is 12.1 Å². The molecule has 0 heterocycles. The topological polar surface area (TPSA) is 0 Å². The summed E-state index contributed by atoms with van der Waals surface area (Å²) in [5, 5.41) is 0. The predicted molar refractivity (Wildman–Crippen MR) is 49.8 cm³/mol. The number of alkyl halides is 3. The highest BCUT2D eigenvalue weighted by molar-refractivity contribution is 5.28. The highest BCUT2D eigenvalue weighted by Crippen LogP contribution is 2.29. The van der Waals surface area contributed by atoms with Crippen LogP contribution in [0.1, 0.15) is 30.9 Å². The third-order valence-corrected chi connectivity index (χ3v) is 1.91. The zero-order chi connectivity index (χ0) is 10.6. The fourth-order valence-electron chi connectivity index (χ4n) is 1.12. The van der Waals surface area contributed by atoms with Crippen LogP contribution in [0.5, 0.6) is 0 Å². The number of unbranched alkanes of at least 4 members (excludes halogenated alkanes) is 1. The van der Waals surface area contributed by atoms with Gasteiger partial charge < -0.3 is 0 Å². The second-order valence-corrected chi connectivity index (χ2v) is 3.11. The first-order chi connectivity index (χ1) is 6.54. The Kier molecular flexibility index (Phi) is 3.55. The van der Waals surface area contributed by atoms with Gasteiger partial charge in [-0.2, -0.15) is 13.2 Å². The van der Waals surface area contributed by atoms with E-state index < -0.39 is 11.7 Å². The Morgan fingerprint density at radius 3 is 2.14 bits per heavy atom. The van der Waals surface area contributed by atoms with Crippen molar-refractivity contribution < 1.29 is 13.2 Å². The Bertz CT molecular complexity index is 272. The molecule has 3 heteroatoms. The van der Waals surface area contributed by atoms with Gasteiger partial charge in [0.2, 0.25) is 0 Å². The lowest BCUT2D eigenvalue weighted by molar-refractivity contribution is -0.137. The molecule has 0 nitrogen and oxygen atoms in total. The van der Waals surface area contributed by atoms with Crippen molar-refractivity contribution in [1.29, 1.82) is 0 Å². The van der Waals surface area contributed by atoms with Crippen LogP contribution in [0.25, 0.3) is 0 Å². The maximum absolute atomic E-state index is 12.2. The van der Waals surface area contributed by atoms with Crippen molar-refractivity contribution in [3.63, 3.8) is 0 Å². The molecule has 77 valence electrons. The maximum atomic E-state index is 12.2. The molecule has 14 heavy (non-hydrogen) atoms. The molecule has 1 rings (SSSR count). The van der Waals surface area contributed by atoms with Gasteiger partial charge in [-0.1, -0.05) is 25.5 Å². The first kappa shape index (κ1) is 11.1. The summed E-state index contributed by atoms with van der Waals surface area (Å²) in [7, 11) is 0. The third-order valence-electron chi connectivity index (χ3n) is 1.91. The van der Waals surface area contributed by atoms with Crippen LogP contribution in [-0.4, -0.2) is 0 Å². The fraction of sp³-hybridized carbons (Fsp3) is 0.364. The van der Waals surface area contributed by atoms with Gasteiger partial charge in [0, 0.05) is 0 Å². The normalized spacial score (nSPS) is 11.7. The Balaban J connectivity index is 2.69. The highest BCUT2D eigenvalue weighted by atomic mass is 19.4. The molecule has 0 saturated heterocycles. The van der Waals surface area contributed by atoms with Gasteiger partial charge in [0.1, 0.15) is 0 Å². The molecule has 0 atom stereocenters. The molecule has 1 aromatic carbocycles. The fourth-order valence-corrected chi connectivity index (χ4v) is 1.12. The van der Waals surface area contributed by atoms with E-state index in [1.54, 1.807) is 0 Å². The summed E-state index contributed by atoms with van der Waals surface area (Å²) < 4.78 is 36.5. The maximum Gasteiger partial charge on any atom is 0.416 e. The highest BCUT2D eigenvalue weighted by Gasteiger charge is 2.29. The molecule has 0 N–H and O–H groups in total. The number of halogens is 3. The van der Waals surface area contributed by atoms with E-state index in [2.05, 4.69) is 0 Å². The van der Waals surface area contributed by atoms with E-state index in [1.807, 2.05) is 13.3 Å². The molecule has 0 aliphatic heterocycles. The van der Waals surface area contributed by atoms with Gasteiger partial charge >= 0.3 is 6.18 Å². The minimum atomic E-state index is -4.23. The van der Waals surface area contributed by atoms with E-state index in [9.17, 15) is 13.2 Å². The summed E-state index contributed by atoms with van der Waals surface area (Å²) >= 11 is 0. The van der Waals surface area contributed by atoms with Gasteiger partial charge in [-0.15, -0.1) is 0 Å². The zero-order valence-electron chi connectivity index (χ0n) is 7.93. The van der Waals surface area contributed by atoms with Gasteiger partial charge in [-0.3, -0.25) is 0 Å². The summed E-state index contributed by atoms with van der Waals surface area (Å²) in [6.07, 6.45) is -0.407. The van der Waals surface area contributed by atoms with E-state index >= 15 is 0 Å². The standard InChI is InChI=1S/C11H12F3/c1-2-3-4-9-5-7-10(8-6-9)11(12,13)14/h4-8H,2-3H2,1H3. The molecule has 1 radical (unpaired) electrons. The molecular formula is C11H12F3. The van der Waals surface area contributed by atoms with Crippen molar-refractivity contribution >= 4 is 0 Å². The Morgan fingerprint density at radius 1 is 1.14 bits per heavy atom. The van der Waals surface area contributed by atoms with E-state index in [0.29, 0.717) is 0 Å². The Morgan fingerprint density at radius 2 is 1.71 bits per heavy atom. The summed E-state index contributed by atoms with van der Waals surface area (Å²) in [6, 6.07) is 5.22. The van der Waals surface area contributed by atoms with Crippen molar-refractivity contribution in [1.82, 2.24) is 0 Å². The minimum absolute atomic E-state index is 0.592. The van der Waals surface area contributed by atoms with Crippen LogP contribution >= 0.6 is 0 Å². The van der Waals surface area contributed by atoms with Crippen LogP contribution < -0.4 is 0 Å². The number of hydrogen-bond acceptors (Lipinski definition) is 0. The molecule has 0 spiro atoms. The van der Waals surface area contributed by atoms with Crippen LogP contribution in [0.15, 0.2) is 24.3 Å². The second-order valence-electron chi connectivity index (χ2n) is 3.11. The number of rotatable bonds is 3. The quantitative estimate of drug-likeness (QED) is 0.691. The molecule has 0 aliphatic rings. The first-order valence-electron chi connectivity index (χ1n) is 4.54. The molecule has 0 aromatic heterocycles. The smallest absolute Gasteiger partial charge is 0.166 e. The van der Waals surface area contributed by atoms with Crippen LogP contribution in [0.2, 0.25) is 0 Å². The summed E-state index contributed by atoms with van der Waals surface area (Å²) in [4.78, 5) is 0. The van der Waals surface area contributed by atoms with Crippen LogP contribution in [-0.2, 0) is 6.18 Å². The average molecular weight is 201 g/mol. The molecule has 0 bridgehead atoms.